The first kappa shape index (κ1) is 16.4. The normalized spacial score (nSPS) is 23.8. The molecule has 0 aromatic rings. The molecule has 0 bridgehead atoms. The first-order valence-electron chi connectivity index (χ1n) is 6.67. The summed E-state index contributed by atoms with van der Waals surface area (Å²) in [5.41, 5.74) is 5.72. The Kier molecular flexibility index (Phi) is 5.76. The molecule has 1 saturated heterocycles. The predicted octanol–water partition coefficient (Wildman–Crippen LogP) is -0.653. The molecule has 2 unspecified atom stereocenters. The predicted molar refractivity (Wildman–Crippen MR) is 75.6 cm³/mol. The van der Waals surface area contributed by atoms with Gasteiger partial charge in [0.25, 0.3) is 0 Å². The molecule has 19 heavy (non-hydrogen) atoms. The van der Waals surface area contributed by atoms with Gasteiger partial charge < -0.3 is 11.1 Å². The Morgan fingerprint density at radius 3 is 2.53 bits per heavy atom. The van der Waals surface area contributed by atoms with Crippen LogP contribution in [0.25, 0.3) is 0 Å². The molecule has 1 rings (SSSR count). The average molecular weight is 291 g/mol. The van der Waals surface area contributed by atoms with Gasteiger partial charge in [-0.3, -0.25) is 9.69 Å². The van der Waals surface area contributed by atoms with E-state index in [1.54, 1.807) is 0 Å². The van der Waals surface area contributed by atoms with Crippen molar-refractivity contribution >= 4 is 15.7 Å². The number of nitrogens with two attached hydrogens (primary N) is 1. The number of hydrogen-bond donors (Lipinski definition) is 2. The maximum Gasteiger partial charge on any atom is 0.221 e. The van der Waals surface area contributed by atoms with Crippen LogP contribution in [0.15, 0.2) is 0 Å². The molecule has 0 spiro atoms. The Morgan fingerprint density at radius 2 is 2.11 bits per heavy atom. The lowest BCUT2D eigenvalue weighted by molar-refractivity contribution is -0.122. The van der Waals surface area contributed by atoms with Crippen LogP contribution in [0.2, 0.25) is 0 Å². The topological polar surface area (TPSA) is 92.5 Å². The summed E-state index contributed by atoms with van der Waals surface area (Å²) in [6.07, 6.45) is 0.933. The van der Waals surface area contributed by atoms with Gasteiger partial charge in [0, 0.05) is 31.1 Å². The maximum atomic E-state index is 11.8. The molecule has 1 fully saturated rings. The fourth-order valence-electron chi connectivity index (χ4n) is 2.38. The number of hydrogen-bond acceptors (Lipinski definition) is 5. The van der Waals surface area contributed by atoms with Crippen LogP contribution in [0.4, 0.5) is 0 Å². The second-order valence-electron chi connectivity index (χ2n) is 5.54. The SMILES string of the molecule is CC(C)NC(=O)CC(CN)N(C)C1CCS(=O)(=O)C1. The van der Waals surface area contributed by atoms with Gasteiger partial charge in [-0.25, -0.2) is 8.42 Å². The van der Waals surface area contributed by atoms with E-state index < -0.39 is 9.84 Å². The molecular formula is C12H25N3O3S. The molecular weight excluding hydrogens is 266 g/mol. The van der Waals surface area contributed by atoms with Crippen molar-refractivity contribution in [2.24, 2.45) is 5.73 Å². The fourth-order valence-corrected chi connectivity index (χ4v) is 4.17. The van der Waals surface area contributed by atoms with Crippen LogP contribution in [0, 0.1) is 0 Å². The van der Waals surface area contributed by atoms with Crippen molar-refractivity contribution in [3.8, 4) is 0 Å². The zero-order valence-electron chi connectivity index (χ0n) is 11.9. The van der Waals surface area contributed by atoms with Crippen LogP contribution in [-0.4, -0.2) is 62.4 Å². The molecule has 0 aromatic heterocycles. The number of sulfone groups is 1. The summed E-state index contributed by atoms with van der Waals surface area (Å²) in [6, 6.07) is -0.0365. The number of amides is 1. The molecule has 0 saturated carbocycles. The molecule has 2 atom stereocenters. The molecule has 6 nitrogen and oxygen atoms in total. The van der Waals surface area contributed by atoms with Crippen molar-refractivity contribution in [2.75, 3.05) is 25.1 Å². The molecule has 1 amide bonds. The third-order valence-electron chi connectivity index (χ3n) is 3.50. The third-order valence-corrected chi connectivity index (χ3v) is 5.25. The molecule has 0 radical (unpaired) electrons. The summed E-state index contributed by atoms with van der Waals surface area (Å²) >= 11 is 0. The van der Waals surface area contributed by atoms with Crippen LogP contribution >= 0.6 is 0 Å². The van der Waals surface area contributed by atoms with Gasteiger partial charge >= 0.3 is 0 Å². The lowest BCUT2D eigenvalue weighted by Crippen LogP contribution is -2.47. The van der Waals surface area contributed by atoms with Crippen molar-refractivity contribution in [3.63, 3.8) is 0 Å². The summed E-state index contributed by atoms with van der Waals surface area (Å²) in [7, 11) is -1.06. The van der Waals surface area contributed by atoms with E-state index in [1.165, 1.54) is 0 Å². The number of carbonyl (C=O) groups is 1. The van der Waals surface area contributed by atoms with Gasteiger partial charge in [-0.15, -0.1) is 0 Å². The highest BCUT2D eigenvalue weighted by Gasteiger charge is 2.33. The first-order chi connectivity index (χ1) is 8.75. The average Bonchev–Trinajstić information content (AvgIpc) is 2.64. The fraction of sp³-hybridized carbons (Fsp3) is 0.917. The molecule has 3 N–H and O–H groups in total. The van der Waals surface area contributed by atoms with Gasteiger partial charge in [0.05, 0.1) is 11.5 Å². The van der Waals surface area contributed by atoms with E-state index in [0.29, 0.717) is 19.4 Å². The van der Waals surface area contributed by atoms with E-state index in [1.807, 2.05) is 25.8 Å². The van der Waals surface area contributed by atoms with Crippen LogP contribution in [0.3, 0.4) is 0 Å². The number of nitrogens with zero attached hydrogens (tertiary/aromatic N) is 1. The van der Waals surface area contributed by atoms with E-state index in [9.17, 15) is 13.2 Å². The van der Waals surface area contributed by atoms with Crippen molar-refractivity contribution in [1.82, 2.24) is 10.2 Å². The van der Waals surface area contributed by atoms with E-state index in [0.717, 1.165) is 0 Å². The van der Waals surface area contributed by atoms with Gasteiger partial charge in [0.2, 0.25) is 5.91 Å². The van der Waals surface area contributed by atoms with E-state index in [4.69, 9.17) is 5.73 Å². The molecule has 0 aromatic carbocycles. The van der Waals surface area contributed by atoms with Gasteiger partial charge in [-0.1, -0.05) is 0 Å². The van der Waals surface area contributed by atoms with Crippen molar-refractivity contribution < 1.29 is 13.2 Å². The molecule has 1 heterocycles. The second kappa shape index (κ2) is 6.67. The number of likely N-dealkylation sites (N-methyl/N-ethyl adjacent to an activating group) is 1. The quantitative estimate of drug-likeness (QED) is 0.678. The Bertz CT molecular complexity index is 408. The van der Waals surface area contributed by atoms with Gasteiger partial charge in [-0.2, -0.15) is 0 Å². The Labute approximate surface area is 115 Å². The lowest BCUT2D eigenvalue weighted by atomic mass is 10.1. The van der Waals surface area contributed by atoms with Crippen molar-refractivity contribution in [3.05, 3.63) is 0 Å². The third kappa shape index (κ3) is 5.08. The Balaban J connectivity index is 2.57. The summed E-state index contributed by atoms with van der Waals surface area (Å²) in [5.74, 6) is 0.363. The van der Waals surface area contributed by atoms with Gasteiger partial charge in [0.15, 0.2) is 9.84 Å². The van der Waals surface area contributed by atoms with Crippen molar-refractivity contribution in [1.29, 1.82) is 0 Å². The minimum atomic E-state index is -2.91. The number of nitrogens with one attached hydrogen (secondary N) is 1. The van der Waals surface area contributed by atoms with E-state index in [-0.39, 0.29) is 35.5 Å². The lowest BCUT2D eigenvalue weighted by Gasteiger charge is -2.31. The van der Waals surface area contributed by atoms with Crippen LogP contribution in [-0.2, 0) is 14.6 Å². The largest absolute Gasteiger partial charge is 0.354 e. The molecule has 112 valence electrons. The van der Waals surface area contributed by atoms with Crippen molar-refractivity contribution in [2.45, 2.75) is 44.8 Å². The zero-order valence-corrected chi connectivity index (χ0v) is 12.7. The van der Waals surface area contributed by atoms with Crippen LogP contribution < -0.4 is 11.1 Å². The first-order valence-corrected chi connectivity index (χ1v) is 8.49. The highest BCUT2D eigenvalue weighted by Crippen LogP contribution is 2.19. The van der Waals surface area contributed by atoms with Crippen LogP contribution in [0.5, 0.6) is 0 Å². The zero-order chi connectivity index (χ0) is 14.6. The summed E-state index contributed by atoms with van der Waals surface area (Å²) in [5, 5.41) is 2.83. The smallest absolute Gasteiger partial charge is 0.221 e. The Hall–Kier alpha value is -0.660. The minimum absolute atomic E-state index is 0.0228. The second-order valence-corrected chi connectivity index (χ2v) is 7.77. The number of carbonyl (C=O) groups excluding carboxylic acids is 1. The van der Waals surface area contributed by atoms with Gasteiger partial charge in [0.1, 0.15) is 0 Å². The standard InChI is InChI=1S/C12H25N3O3S/c1-9(2)14-12(16)6-11(7-13)15(3)10-4-5-19(17,18)8-10/h9-11H,4-8,13H2,1-3H3,(H,14,16). The summed E-state index contributed by atoms with van der Waals surface area (Å²) < 4.78 is 23.0. The maximum absolute atomic E-state index is 11.8. The van der Waals surface area contributed by atoms with E-state index >= 15 is 0 Å². The monoisotopic (exact) mass is 291 g/mol. The summed E-state index contributed by atoms with van der Waals surface area (Å²) in [6.45, 7) is 4.16. The Morgan fingerprint density at radius 1 is 1.47 bits per heavy atom. The molecule has 7 heteroatoms. The van der Waals surface area contributed by atoms with Gasteiger partial charge in [-0.05, 0) is 27.3 Å². The molecule has 1 aliphatic rings. The highest BCUT2D eigenvalue weighted by atomic mass is 32.2. The van der Waals surface area contributed by atoms with E-state index in [2.05, 4.69) is 5.32 Å². The highest BCUT2D eigenvalue weighted by molar-refractivity contribution is 7.91. The molecule has 0 aliphatic carbocycles. The summed E-state index contributed by atoms with van der Waals surface area (Å²) in [4.78, 5) is 13.7. The number of rotatable bonds is 6. The van der Waals surface area contributed by atoms with Crippen LogP contribution in [0.1, 0.15) is 26.7 Å². The molecule has 1 aliphatic heterocycles. The minimum Gasteiger partial charge on any atom is -0.354 e.